The Bertz CT molecular complexity index is 338. The van der Waals surface area contributed by atoms with Crippen molar-refractivity contribution in [2.75, 3.05) is 18.5 Å². The quantitative estimate of drug-likeness (QED) is 0.612. The van der Waals surface area contributed by atoms with E-state index >= 15 is 0 Å². The number of rotatable bonds is 0. The fourth-order valence-electron chi connectivity index (χ4n) is 1.91. The third-order valence-corrected chi connectivity index (χ3v) is 3.38. The molecule has 0 bridgehead atoms. The fraction of sp³-hybridized carbons (Fsp3) is 0.455. The summed E-state index contributed by atoms with van der Waals surface area (Å²) in [6.45, 7) is 1.07. The third kappa shape index (κ3) is 1.84. The Morgan fingerprint density at radius 1 is 1.43 bits per heavy atom. The molecule has 0 aromatic heterocycles. The molecule has 0 radical (unpaired) electrons. The molecule has 3 heteroatoms. The molecule has 0 saturated carbocycles. The summed E-state index contributed by atoms with van der Waals surface area (Å²) in [6.07, 6.45) is 2.16. The number of fused-ring (bicyclic) bond motifs is 1. The first-order valence-corrected chi connectivity index (χ1v) is 5.64. The number of alkyl halides is 1. The van der Waals surface area contributed by atoms with Gasteiger partial charge in [-0.1, -0.05) is 11.6 Å². The summed E-state index contributed by atoms with van der Waals surface area (Å²) in [5.41, 5.74) is 2.38. The first-order chi connectivity index (χ1) is 6.68. The van der Waals surface area contributed by atoms with E-state index in [2.05, 4.69) is 18.0 Å². The predicted octanol–water partition coefficient (Wildman–Crippen LogP) is 3.85. The first-order valence-electron chi connectivity index (χ1n) is 4.83. The van der Waals surface area contributed by atoms with Crippen molar-refractivity contribution in [1.29, 1.82) is 0 Å². The molecule has 14 heavy (non-hydrogen) atoms. The van der Waals surface area contributed by atoms with Crippen molar-refractivity contribution >= 4 is 28.9 Å². The molecular weight excluding hydrogens is 217 g/mol. The SMILES string of the molecule is CN1CCCC(Cl)c2cc(Cl)ccc21. The van der Waals surface area contributed by atoms with Crippen molar-refractivity contribution in [1.82, 2.24) is 0 Å². The Hall–Kier alpha value is -0.400. The molecule has 1 aliphatic heterocycles. The van der Waals surface area contributed by atoms with Gasteiger partial charge in [0.05, 0.1) is 5.38 Å². The number of benzene rings is 1. The zero-order chi connectivity index (χ0) is 10.1. The topological polar surface area (TPSA) is 3.24 Å². The summed E-state index contributed by atoms with van der Waals surface area (Å²) in [5.74, 6) is 0. The van der Waals surface area contributed by atoms with Crippen LogP contribution in [0.15, 0.2) is 18.2 Å². The van der Waals surface area contributed by atoms with Crippen LogP contribution in [-0.2, 0) is 0 Å². The van der Waals surface area contributed by atoms with Crippen LogP contribution < -0.4 is 4.90 Å². The van der Waals surface area contributed by atoms with Crippen LogP contribution in [0.25, 0.3) is 0 Å². The first kappa shape index (κ1) is 10.1. The molecule has 0 spiro atoms. The van der Waals surface area contributed by atoms with Crippen molar-refractivity contribution in [3.05, 3.63) is 28.8 Å². The summed E-state index contributed by atoms with van der Waals surface area (Å²) in [6, 6.07) is 5.96. The Morgan fingerprint density at radius 3 is 3.00 bits per heavy atom. The molecule has 0 saturated heterocycles. The summed E-state index contributed by atoms with van der Waals surface area (Å²) in [4.78, 5) is 2.24. The lowest BCUT2D eigenvalue weighted by molar-refractivity contribution is 0.735. The lowest BCUT2D eigenvalue weighted by atomic mass is 10.1. The van der Waals surface area contributed by atoms with E-state index in [4.69, 9.17) is 23.2 Å². The summed E-state index contributed by atoms with van der Waals surface area (Å²) in [7, 11) is 2.10. The van der Waals surface area contributed by atoms with Crippen LogP contribution in [0.1, 0.15) is 23.8 Å². The largest absolute Gasteiger partial charge is 0.374 e. The van der Waals surface area contributed by atoms with Crippen molar-refractivity contribution in [3.63, 3.8) is 0 Å². The van der Waals surface area contributed by atoms with Crippen LogP contribution in [0, 0.1) is 0 Å². The molecule has 1 unspecified atom stereocenters. The van der Waals surface area contributed by atoms with Gasteiger partial charge in [-0.15, -0.1) is 11.6 Å². The van der Waals surface area contributed by atoms with Gasteiger partial charge in [-0.3, -0.25) is 0 Å². The number of hydrogen-bond acceptors (Lipinski definition) is 1. The zero-order valence-electron chi connectivity index (χ0n) is 8.13. The molecule has 76 valence electrons. The van der Waals surface area contributed by atoms with Crippen LogP contribution in [0.5, 0.6) is 0 Å². The second-order valence-corrected chi connectivity index (χ2v) is 4.70. The molecule has 1 atom stereocenters. The molecule has 2 rings (SSSR count). The van der Waals surface area contributed by atoms with E-state index < -0.39 is 0 Å². The molecule has 1 nitrogen and oxygen atoms in total. The molecule has 0 N–H and O–H groups in total. The number of anilines is 1. The van der Waals surface area contributed by atoms with Crippen LogP contribution >= 0.6 is 23.2 Å². The minimum absolute atomic E-state index is 0.105. The monoisotopic (exact) mass is 229 g/mol. The van der Waals surface area contributed by atoms with Gasteiger partial charge in [0.15, 0.2) is 0 Å². The van der Waals surface area contributed by atoms with Gasteiger partial charge in [0.2, 0.25) is 0 Å². The second kappa shape index (κ2) is 4.00. The Labute approximate surface area is 94.6 Å². The standard InChI is InChI=1S/C11H13Cl2N/c1-14-6-2-3-10(13)9-7-8(12)4-5-11(9)14/h4-5,7,10H,2-3,6H2,1H3. The minimum Gasteiger partial charge on any atom is -0.374 e. The van der Waals surface area contributed by atoms with Gasteiger partial charge in [-0.05, 0) is 36.6 Å². The molecule has 1 aromatic carbocycles. The van der Waals surface area contributed by atoms with Gasteiger partial charge in [0.25, 0.3) is 0 Å². The predicted molar refractivity (Wildman–Crippen MR) is 62.6 cm³/mol. The van der Waals surface area contributed by atoms with Gasteiger partial charge < -0.3 is 4.90 Å². The van der Waals surface area contributed by atoms with Crippen LogP contribution in [-0.4, -0.2) is 13.6 Å². The molecule has 1 aliphatic rings. The summed E-state index contributed by atoms with van der Waals surface area (Å²) in [5, 5.41) is 0.873. The lowest BCUT2D eigenvalue weighted by Gasteiger charge is -2.19. The van der Waals surface area contributed by atoms with E-state index in [0.717, 1.165) is 24.4 Å². The molecule has 0 aliphatic carbocycles. The second-order valence-electron chi connectivity index (χ2n) is 3.73. The third-order valence-electron chi connectivity index (χ3n) is 2.69. The summed E-state index contributed by atoms with van der Waals surface area (Å²) < 4.78 is 0. The van der Waals surface area contributed by atoms with Crippen molar-refractivity contribution in [3.8, 4) is 0 Å². The van der Waals surface area contributed by atoms with E-state index in [0.29, 0.717) is 0 Å². The zero-order valence-corrected chi connectivity index (χ0v) is 9.65. The molecule has 1 heterocycles. The Balaban J connectivity index is 2.48. The Kier molecular flexibility index (Phi) is 2.89. The van der Waals surface area contributed by atoms with Gasteiger partial charge >= 0.3 is 0 Å². The van der Waals surface area contributed by atoms with Gasteiger partial charge in [-0.25, -0.2) is 0 Å². The van der Waals surface area contributed by atoms with Crippen molar-refractivity contribution < 1.29 is 0 Å². The van der Waals surface area contributed by atoms with Crippen LogP contribution in [0.2, 0.25) is 5.02 Å². The fourth-order valence-corrected chi connectivity index (χ4v) is 2.42. The minimum atomic E-state index is 0.105. The maximum Gasteiger partial charge on any atom is 0.0606 e. The molecular formula is C11H13Cl2N. The highest BCUT2D eigenvalue weighted by atomic mass is 35.5. The maximum absolute atomic E-state index is 6.30. The average molecular weight is 230 g/mol. The van der Waals surface area contributed by atoms with Crippen molar-refractivity contribution in [2.45, 2.75) is 18.2 Å². The van der Waals surface area contributed by atoms with Gasteiger partial charge in [0, 0.05) is 24.3 Å². The lowest BCUT2D eigenvalue weighted by Crippen LogP contribution is -2.17. The van der Waals surface area contributed by atoms with E-state index in [1.165, 1.54) is 11.3 Å². The molecule has 1 aromatic rings. The van der Waals surface area contributed by atoms with Gasteiger partial charge in [0.1, 0.15) is 0 Å². The Morgan fingerprint density at radius 2 is 2.21 bits per heavy atom. The average Bonchev–Trinajstić information content (AvgIpc) is 2.28. The van der Waals surface area contributed by atoms with E-state index in [1.807, 2.05) is 12.1 Å². The van der Waals surface area contributed by atoms with Gasteiger partial charge in [-0.2, -0.15) is 0 Å². The number of halogens is 2. The van der Waals surface area contributed by atoms with E-state index in [-0.39, 0.29) is 5.38 Å². The highest BCUT2D eigenvalue weighted by Gasteiger charge is 2.19. The van der Waals surface area contributed by atoms with Crippen LogP contribution in [0.4, 0.5) is 5.69 Å². The highest BCUT2D eigenvalue weighted by Crippen LogP contribution is 2.37. The molecule has 0 amide bonds. The highest BCUT2D eigenvalue weighted by molar-refractivity contribution is 6.31. The van der Waals surface area contributed by atoms with E-state index in [9.17, 15) is 0 Å². The van der Waals surface area contributed by atoms with E-state index in [1.54, 1.807) is 0 Å². The van der Waals surface area contributed by atoms with Crippen LogP contribution in [0.3, 0.4) is 0 Å². The normalized spacial score (nSPS) is 21.6. The molecule has 0 fully saturated rings. The number of nitrogens with zero attached hydrogens (tertiary/aromatic N) is 1. The van der Waals surface area contributed by atoms with Crippen molar-refractivity contribution in [2.24, 2.45) is 0 Å². The maximum atomic E-state index is 6.30. The summed E-state index contributed by atoms with van der Waals surface area (Å²) >= 11 is 12.3. The number of hydrogen-bond donors (Lipinski definition) is 0. The smallest absolute Gasteiger partial charge is 0.0606 e.